The minimum Gasteiger partial charge on any atom is -0.771 e. The lowest BCUT2D eigenvalue weighted by Gasteiger charge is -2.28. The minimum absolute atomic E-state index is 0.0147. The second kappa shape index (κ2) is 11.4. The van der Waals surface area contributed by atoms with Crippen molar-refractivity contribution in [3.63, 3.8) is 0 Å². The summed E-state index contributed by atoms with van der Waals surface area (Å²) < 4.78 is 36.3. The Labute approximate surface area is 209 Å². The molecule has 194 valence electrons. The molecule has 1 unspecified atom stereocenters. The van der Waals surface area contributed by atoms with Crippen LogP contribution in [0.25, 0.3) is 11.0 Å². The maximum atomic E-state index is 13.5. The van der Waals surface area contributed by atoms with Gasteiger partial charge < -0.3 is 30.4 Å². The molecule has 0 saturated carbocycles. The van der Waals surface area contributed by atoms with Crippen LogP contribution in [0, 0.1) is 11.2 Å². The number of fused-ring (bicyclic) bond motifs is 1. The summed E-state index contributed by atoms with van der Waals surface area (Å²) in [7, 11) is 0. The summed E-state index contributed by atoms with van der Waals surface area (Å²) in [6.07, 6.45) is 0.132. The van der Waals surface area contributed by atoms with Crippen LogP contribution in [0.5, 0.6) is 0 Å². The molecule has 2 aromatic heterocycles. The molecule has 5 N–H and O–H groups in total. The molecular formula is C24H28FN4O6S-. The zero-order valence-corrected chi connectivity index (χ0v) is 20.7. The maximum Gasteiger partial charge on any atom is 0.264 e. The molecule has 0 radical (unpaired) electrons. The number of pyridine rings is 2. The third-order valence-electron chi connectivity index (χ3n) is 5.89. The van der Waals surface area contributed by atoms with Crippen LogP contribution in [0.2, 0.25) is 0 Å². The first-order valence-corrected chi connectivity index (χ1v) is 12.4. The van der Waals surface area contributed by atoms with E-state index in [0.717, 1.165) is 5.56 Å². The monoisotopic (exact) mass is 519 g/mol. The number of nitrogens with two attached hydrogens (primary N) is 1. The Morgan fingerprint density at radius 2 is 1.94 bits per heavy atom. The van der Waals surface area contributed by atoms with Crippen LogP contribution in [0.15, 0.2) is 41.3 Å². The lowest BCUT2D eigenvalue weighted by Crippen LogP contribution is -2.37. The Bertz CT molecular complexity index is 1340. The van der Waals surface area contributed by atoms with E-state index in [2.05, 4.69) is 10.3 Å². The molecule has 1 amide bonds. The summed E-state index contributed by atoms with van der Waals surface area (Å²) in [5.41, 5.74) is 5.79. The highest BCUT2D eigenvalue weighted by Gasteiger charge is 2.31. The molecule has 0 saturated heterocycles. The third kappa shape index (κ3) is 6.39. The van der Waals surface area contributed by atoms with Crippen molar-refractivity contribution in [1.29, 1.82) is 0 Å². The van der Waals surface area contributed by atoms with Crippen molar-refractivity contribution in [2.75, 3.05) is 12.4 Å². The largest absolute Gasteiger partial charge is 0.771 e. The Kier molecular flexibility index (Phi) is 8.69. The van der Waals surface area contributed by atoms with Crippen molar-refractivity contribution >= 4 is 28.0 Å². The highest BCUT2D eigenvalue weighted by atomic mass is 32.2. The number of hydrogen-bond acceptors (Lipinski definition) is 8. The number of amides is 1. The van der Waals surface area contributed by atoms with Crippen molar-refractivity contribution in [3.05, 3.63) is 75.0 Å². The predicted molar refractivity (Wildman–Crippen MR) is 131 cm³/mol. The molecule has 0 spiro atoms. The first kappa shape index (κ1) is 27.6. The first-order chi connectivity index (χ1) is 16.9. The van der Waals surface area contributed by atoms with Crippen LogP contribution >= 0.6 is 0 Å². The van der Waals surface area contributed by atoms with Gasteiger partial charge in [0.15, 0.2) is 6.29 Å². The van der Waals surface area contributed by atoms with E-state index < -0.39 is 34.3 Å². The van der Waals surface area contributed by atoms with E-state index in [4.69, 9.17) is 5.73 Å². The molecule has 2 heterocycles. The fourth-order valence-electron chi connectivity index (χ4n) is 3.90. The van der Waals surface area contributed by atoms with Gasteiger partial charge in [0.1, 0.15) is 11.4 Å². The molecule has 36 heavy (non-hydrogen) atoms. The van der Waals surface area contributed by atoms with E-state index >= 15 is 0 Å². The summed E-state index contributed by atoms with van der Waals surface area (Å²) in [5.74, 6) is -1.67. The number of hydrogen-bond donors (Lipinski definition) is 4. The van der Waals surface area contributed by atoms with E-state index in [1.807, 2.05) is 0 Å². The number of nitrogens with one attached hydrogen (secondary N) is 1. The number of carbonyl (C=O) groups is 1. The molecule has 10 nitrogen and oxygen atoms in total. The zero-order valence-electron chi connectivity index (χ0n) is 19.9. The standard InChI is InChI=1S/C24H29FN4O6S/c1-24(2,23(32)33)11-17-19(21(26)30)22(31)29(8-7-27-13-36(34)35)18-10-15(12-28-20(17)18)9-14-3-5-16(25)6-4-14/h3-6,10,12,23,27,32-33H,7-9,11,13H2,1-2H3,(H2,26,30)(H,34,35)/p-1. The third-order valence-corrected chi connectivity index (χ3v) is 6.33. The van der Waals surface area contributed by atoms with Gasteiger partial charge in [0.2, 0.25) is 0 Å². The van der Waals surface area contributed by atoms with E-state index in [0.29, 0.717) is 17.5 Å². The molecule has 0 aliphatic rings. The average molecular weight is 520 g/mol. The fourth-order valence-corrected chi connectivity index (χ4v) is 4.21. The zero-order chi connectivity index (χ0) is 26.6. The maximum absolute atomic E-state index is 13.5. The Morgan fingerprint density at radius 3 is 2.53 bits per heavy atom. The molecule has 12 heteroatoms. The number of benzene rings is 1. The van der Waals surface area contributed by atoms with Crippen molar-refractivity contribution < 1.29 is 28.2 Å². The van der Waals surface area contributed by atoms with E-state index in [1.54, 1.807) is 38.2 Å². The summed E-state index contributed by atoms with van der Waals surface area (Å²) in [4.78, 5) is 30.3. The van der Waals surface area contributed by atoms with Gasteiger partial charge >= 0.3 is 0 Å². The van der Waals surface area contributed by atoms with Crippen LogP contribution < -0.4 is 16.6 Å². The van der Waals surface area contributed by atoms with Crippen LogP contribution in [-0.2, 0) is 30.5 Å². The topological polar surface area (TPSA) is 171 Å². The molecule has 0 bridgehead atoms. The minimum atomic E-state index is -2.32. The van der Waals surface area contributed by atoms with E-state index in [-0.39, 0.29) is 47.8 Å². The molecule has 3 rings (SSSR count). The number of aliphatic hydroxyl groups excluding tert-OH is 1. The van der Waals surface area contributed by atoms with Crippen LogP contribution in [0.1, 0.15) is 40.9 Å². The van der Waals surface area contributed by atoms with E-state index in [9.17, 15) is 33.0 Å². The van der Waals surface area contributed by atoms with Crippen molar-refractivity contribution in [2.45, 2.75) is 39.5 Å². The van der Waals surface area contributed by atoms with Gasteiger partial charge in [-0.05, 0) is 58.8 Å². The number of rotatable bonds is 11. The van der Waals surface area contributed by atoms with Gasteiger partial charge in [-0.25, -0.2) is 4.39 Å². The van der Waals surface area contributed by atoms with Crippen molar-refractivity contribution in [3.8, 4) is 0 Å². The quantitative estimate of drug-likeness (QED) is 0.161. The molecule has 0 aliphatic heterocycles. The smallest absolute Gasteiger partial charge is 0.264 e. The highest BCUT2D eigenvalue weighted by molar-refractivity contribution is 7.79. The van der Waals surface area contributed by atoms with E-state index in [1.165, 1.54) is 16.7 Å². The number of aromatic nitrogens is 2. The Hall–Kier alpha value is -3.03. The summed E-state index contributed by atoms with van der Waals surface area (Å²) in [6, 6.07) is 7.66. The predicted octanol–water partition coefficient (Wildman–Crippen LogP) is 0.531. The molecule has 1 atom stereocenters. The number of aliphatic hydroxyl groups is 2. The lowest BCUT2D eigenvalue weighted by atomic mass is 9.83. The second-order valence-electron chi connectivity index (χ2n) is 9.18. The number of primary amides is 1. The van der Waals surface area contributed by atoms with Gasteiger partial charge in [0.25, 0.3) is 11.5 Å². The summed E-state index contributed by atoms with van der Waals surface area (Å²) in [5, 5.41) is 22.4. The summed E-state index contributed by atoms with van der Waals surface area (Å²) >= 11 is -2.32. The number of nitrogens with zero attached hydrogens (tertiary/aromatic N) is 2. The Morgan fingerprint density at radius 1 is 1.28 bits per heavy atom. The van der Waals surface area contributed by atoms with Crippen LogP contribution in [0.4, 0.5) is 4.39 Å². The Balaban J connectivity index is 2.19. The van der Waals surface area contributed by atoms with Gasteiger partial charge in [-0.15, -0.1) is 0 Å². The number of halogens is 1. The molecule has 1 aromatic carbocycles. The normalized spacial score (nSPS) is 12.9. The first-order valence-electron chi connectivity index (χ1n) is 11.1. The SMILES string of the molecule is CC(C)(Cc1c(C(N)=O)c(=O)n(CCNCS(=O)[O-])c2cc(Cc3ccc(F)cc3)cnc12)C(O)O. The molecule has 0 fully saturated rings. The summed E-state index contributed by atoms with van der Waals surface area (Å²) in [6.45, 7) is 3.25. The van der Waals surface area contributed by atoms with Gasteiger partial charge in [0, 0.05) is 24.7 Å². The lowest BCUT2D eigenvalue weighted by molar-refractivity contribution is -0.120. The number of carbonyl (C=O) groups excluding carboxylic acids is 1. The second-order valence-corrected chi connectivity index (χ2v) is 10.1. The van der Waals surface area contributed by atoms with Gasteiger partial charge in [-0.1, -0.05) is 26.0 Å². The van der Waals surface area contributed by atoms with Gasteiger partial charge in [0.05, 0.1) is 16.9 Å². The highest BCUT2D eigenvalue weighted by Crippen LogP contribution is 2.30. The van der Waals surface area contributed by atoms with Crippen molar-refractivity contribution in [1.82, 2.24) is 14.9 Å². The molecular weight excluding hydrogens is 491 g/mol. The molecule has 0 aliphatic carbocycles. The fraction of sp³-hybridized carbons (Fsp3) is 0.375. The average Bonchev–Trinajstić information content (AvgIpc) is 2.79. The molecule has 3 aromatic rings. The van der Waals surface area contributed by atoms with Gasteiger partial charge in [-0.2, -0.15) is 0 Å². The van der Waals surface area contributed by atoms with Gasteiger partial charge in [-0.3, -0.25) is 18.8 Å². The van der Waals surface area contributed by atoms with Crippen LogP contribution in [0.3, 0.4) is 0 Å². The van der Waals surface area contributed by atoms with Crippen molar-refractivity contribution in [2.24, 2.45) is 11.1 Å². The van der Waals surface area contributed by atoms with Crippen LogP contribution in [-0.4, -0.2) is 53.1 Å².